The number of hydrogen-bond acceptors (Lipinski definition) is 4. The summed E-state index contributed by atoms with van der Waals surface area (Å²) in [5.74, 6) is 0.218. The molecule has 3 aromatic rings. The van der Waals surface area contributed by atoms with Crippen LogP contribution >= 0.6 is 0 Å². The molecule has 1 aromatic heterocycles. The SMILES string of the molecule is Cc1ccc(C)c(OC2CCN(C(=O)c3cc(F)cc4nc(C)c(C)nc34)CC2)c1. The summed E-state index contributed by atoms with van der Waals surface area (Å²) in [6.07, 6.45) is 1.52. The lowest BCUT2D eigenvalue weighted by Crippen LogP contribution is -2.42. The number of likely N-dealkylation sites (tertiary alicyclic amines) is 1. The van der Waals surface area contributed by atoms with Gasteiger partial charge in [-0.05, 0) is 51.0 Å². The second-order valence-corrected chi connectivity index (χ2v) is 8.09. The Hall–Kier alpha value is -3.02. The zero-order chi connectivity index (χ0) is 21.4. The molecule has 1 amide bonds. The van der Waals surface area contributed by atoms with Gasteiger partial charge in [0.2, 0.25) is 0 Å². The largest absolute Gasteiger partial charge is 0.490 e. The number of hydrogen-bond donors (Lipinski definition) is 0. The van der Waals surface area contributed by atoms with Crippen molar-refractivity contribution in [1.29, 1.82) is 0 Å². The average Bonchev–Trinajstić information content (AvgIpc) is 2.71. The molecule has 1 aliphatic heterocycles. The third-order valence-electron chi connectivity index (χ3n) is 5.74. The van der Waals surface area contributed by atoms with Crippen LogP contribution in [0.25, 0.3) is 11.0 Å². The van der Waals surface area contributed by atoms with Crippen molar-refractivity contribution >= 4 is 16.9 Å². The van der Waals surface area contributed by atoms with Gasteiger partial charge in [0.15, 0.2) is 0 Å². The standard InChI is InChI=1S/C24H26FN3O2/c1-14-5-6-15(2)22(11-14)30-19-7-9-28(10-8-19)24(29)20-12-18(25)13-21-23(20)27-17(4)16(3)26-21/h5-6,11-13,19H,7-10H2,1-4H3. The highest BCUT2D eigenvalue weighted by atomic mass is 19.1. The van der Waals surface area contributed by atoms with Crippen LogP contribution in [-0.4, -0.2) is 40.0 Å². The van der Waals surface area contributed by atoms with Crippen LogP contribution in [0.1, 0.15) is 45.7 Å². The number of carbonyl (C=O) groups is 1. The van der Waals surface area contributed by atoms with Crippen molar-refractivity contribution in [3.63, 3.8) is 0 Å². The molecule has 0 saturated carbocycles. The maximum atomic E-state index is 14.2. The van der Waals surface area contributed by atoms with Crippen LogP contribution < -0.4 is 4.74 Å². The highest BCUT2D eigenvalue weighted by molar-refractivity contribution is 6.04. The van der Waals surface area contributed by atoms with E-state index in [9.17, 15) is 9.18 Å². The number of fused-ring (bicyclic) bond motifs is 1. The van der Waals surface area contributed by atoms with Gasteiger partial charge in [0.1, 0.15) is 23.2 Å². The van der Waals surface area contributed by atoms with Gasteiger partial charge in [-0.3, -0.25) is 4.79 Å². The molecule has 2 heterocycles. The van der Waals surface area contributed by atoms with Crippen LogP contribution in [0.2, 0.25) is 0 Å². The van der Waals surface area contributed by atoms with Crippen LogP contribution in [0.15, 0.2) is 30.3 Å². The number of aryl methyl sites for hydroxylation is 4. The second-order valence-electron chi connectivity index (χ2n) is 8.09. The molecule has 2 aromatic carbocycles. The van der Waals surface area contributed by atoms with Crippen LogP contribution in [-0.2, 0) is 0 Å². The highest BCUT2D eigenvalue weighted by Crippen LogP contribution is 2.26. The van der Waals surface area contributed by atoms with Crippen LogP contribution in [0.4, 0.5) is 4.39 Å². The minimum absolute atomic E-state index is 0.0588. The molecular formula is C24H26FN3O2. The monoisotopic (exact) mass is 407 g/mol. The lowest BCUT2D eigenvalue weighted by Gasteiger charge is -2.32. The predicted octanol–water partition coefficient (Wildman–Crippen LogP) is 4.69. The van der Waals surface area contributed by atoms with Crippen molar-refractivity contribution < 1.29 is 13.9 Å². The summed E-state index contributed by atoms with van der Waals surface area (Å²) >= 11 is 0. The third kappa shape index (κ3) is 3.99. The van der Waals surface area contributed by atoms with Crippen molar-refractivity contribution in [2.24, 2.45) is 0 Å². The fourth-order valence-corrected chi connectivity index (χ4v) is 3.82. The van der Waals surface area contributed by atoms with E-state index in [1.54, 1.807) is 4.90 Å². The summed E-state index contributed by atoms with van der Waals surface area (Å²) in [6.45, 7) is 8.87. The molecule has 4 rings (SSSR count). The fraction of sp³-hybridized carbons (Fsp3) is 0.375. The van der Waals surface area contributed by atoms with E-state index in [4.69, 9.17) is 4.74 Å². The molecule has 30 heavy (non-hydrogen) atoms. The van der Waals surface area contributed by atoms with E-state index in [-0.39, 0.29) is 17.6 Å². The Morgan fingerprint density at radius 3 is 2.47 bits per heavy atom. The Labute approximate surface area is 175 Å². The van der Waals surface area contributed by atoms with Gasteiger partial charge in [-0.15, -0.1) is 0 Å². The van der Waals surface area contributed by atoms with Gasteiger partial charge >= 0.3 is 0 Å². The Morgan fingerprint density at radius 1 is 1.03 bits per heavy atom. The summed E-state index contributed by atoms with van der Waals surface area (Å²) < 4.78 is 20.4. The Morgan fingerprint density at radius 2 is 1.73 bits per heavy atom. The second kappa shape index (κ2) is 8.01. The van der Waals surface area contributed by atoms with Crippen molar-refractivity contribution in [2.45, 2.75) is 46.6 Å². The maximum absolute atomic E-state index is 14.2. The van der Waals surface area contributed by atoms with E-state index in [2.05, 4.69) is 28.2 Å². The molecule has 0 spiro atoms. The number of nitrogens with zero attached hydrogens (tertiary/aromatic N) is 3. The molecule has 0 bridgehead atoms. The number of amides is 1. The third-order valence-corrected chi connectivity index (χ3v) is 5.74. The van der Waals surface area contributed by atoms with Gasteiger partial charge in [-0.1, -0.05) is 12.1 Å². The molecule has 0 atom stereocenters. The molecule has 1 saturated heterocycles. The number of aromatic nitrogens is 2. The van der Waals surface area contributed by atoms with E-state index in [1.807, 2.05) is 27.7 Å². The molecule has 0 aliphatic carbocycles. The summed E-state index contributed by atoms with van der Waals surface area (Å²) in [6, 6.07) is 8.78. The molecule has 0 N–H and O–H groups in total. The molecule has 1 aliphatic rings. The maximum Gasteiger partial charge on any atom is 0.256 e. The normalized spacial score (nSPS) is 14.9. The van der Waals surface area contributed by atoms with Gasteiger partial charge in [0, 0.05) is 32.0 Å². The summed E-state index contributed by atoms with van der Waals surface area (Å²) in [5, 5.41) is 0. The number of rotatable bonds is 3. The summed E-state index contributed by atoms with van der Waals surface area (Å²) in [4.78, 5) is 23.9. The molecule has 0 unspecified atom stereocenters. The first-order valence-electron chi connectivity index (χ1n) is 10.3. The van der Waals surface area contributed by atoms with Gasteiger partial charge in [-0.25, -0.2) is 14.4 Å². The Kier molecular flexibility index (Phi) is 5.41. The van der Waals surface area contributed by atoms with Gasteiger partial charge in [-0.2, -0.15) is 0 Å². The molecule has 1 fully saturated rings. The minimum atomic E-state index is -0.475. The highest BCUT2D eigenvalue weighted by Gasteiger charge is 2.27. The van der Waals surface area contributed by atoms with Gasteiger partial charge < -0.3 is 9.64 Å². The molecule has 0 radical (unpaired) electrons. The first-order chi connectivity index (χ1) is 14.3. The first-order valence-corrected chi connectivity index (χ1v) is 10.3. The fourth-order valence-electron chi connectivity index (χ4n) is 3.82. The van der Waals surface area contributed by atoms with Crippen molar-refractivity contribution in [2.75, 3.05) is 13.1 Å². The average molecular weight is 407 g/mol. The number of carbonyl (C=O) groups excluding carboxylic acids is 1. The summed E-state index contributed by atoms with van der Waals surface area (Å²) in [5.41, 5.74) is 4.88. The van der Waals surface area contributed by atoms with Crippen molar-refractivity contribution in [3.8, 4) is 5.75 Å². The molecule has 5 nitrogen and oxygen atoms in total. The lowest BCUT2D eigenvalue weighted by molar-refractivity contribution is 0.0595. The predicted molar refractivity (Wildman–Crippen MR) is 114 cm³/mol. The smallest absolute Gasteiger partial charge is 0.256 e. The van der Waals surface area contributed by atoms with E-state index in [0.717, 1.165) is 41.1 Å². The van der Waals surface area contributed by atoms with E-state index in [0.29, 0.717) is 24.1 Å². The quantitative estimate of drug-likeness (QED) is 0.632. The van der Waals surface area contributed by atoms with Gasteiger partial charge in [0.05, 0.1) is 22.5 Å². The van der Waals surface area contributed by atoms with Crippen LogP contribution in [0.5, 0.6) is 5.75 Å². The zero-order valence-corrected chi connectivity index (χ0v) is 17.8. The number of halogens is 1. The molecule has 156 valence electrons. The molecular weight excluding hydrogens is 381 g/mol. The van der Waals surface area contributed by atoms with Crippen molar-refractivity contribution in [3.05, 3.63) is 64.2 Å². The van der Waals surface area contributed by atoms with Crippen LogP contribution in [0, 0.1) is 33.5 Å². The molecule has 6 heteroatoms. The Balaban J connectivity index is 1.51. The lowest BCUT2D eigenvalue weighted by atomic mass is 10.0. The number of benzene rings is 2. The van der Waals surface area contributed by atoms with E-state index < -0.39 is 5.82 Å². The van der Waals surface area contributed by atoms with E-state index >= 15 is 0 Å². The van der Waals surface area contributed by atoms with Crippen molar-refractivity contribution in [1.82, 2.24) is 14.9 Å². The first kappa shape index (κ1) is 20.3. The topological polar surface area (TPSA) is 55.3 Å². The van der Waals surface area contributed by atoms with Gasteiger partial charge in [0.25, 0.3) is 5.91 Å². The summed E-state index contributed by atoms with van der Waals surface area (Å²) in [7, 11) is 0. The van der Waals surface area contributed by atoms with Crippen LogP contribution in [0.3, 0.4) is 0 Å². The minimum Gasteiger partial charge on any atom is -0.490 e. The number of ether oxygens (including phenoxy) is 1. The Bertz CT molecular complexity index is 1120. The number of piperidine rings is 1. The van der Waals surface area contributed by atoms with E-state index in [1.165, 1.54) is 12.1 Å². The zero-order valence-electron chi connectivity index (χ0n) is 17.8.